The van der Waals surface area contributed by atoms with Gasteiger partial charge in [-0.25, -0.2) is 4.98 Å². The monoisotopic (exact) mass is 356 g/mol. The van der Waals surface area contributed by atoms with Crippen LogP contribution in [0, 0.1) is 0 Å². The van der Waals surface area contributed by atoms with Crippen LogP contribution in [0.4, 0.5) is 13.2 Å². The fourth-order valence-electron chi connectivity index (χ4n) is 2.84. The van der Waals surface area contributed by atoms with Gasteiger partial charge in [-0.2, -0.15) is 13.2 Å². The van der Waals surface area contributed by atoms with Crippen molar-refractivity contribution in [2.24, 2.45) is 0 Å². The quantitative estimate of drug-likeness (QED) is 0.839. The molecule has 0 radical (unpaired) electrons. The van der Waals surface area contributed by atoms with Crippen molar-refractivity contribution >= 4 is 11.6 Å². The van der Waals surface area contributed by atoms with Crippen molar-refractivity contribution in [3.05, 3.63) is 52.7 Å². The number of rotatable bonds is 3. The van der Waals surface area contributed by atoms with E-state index in [1.54, 1.807) is 12.3 Å². The minimum atomic E-state index is -4.53. The fraction of sp³-hybridized carbons (Fsp3) is 0.353. The van der Waals surface area contributed by atoms with Crippen molar-refractivity contribution in [2.45, 2.75) is 24.9 Å². The van der Waals surface area contributed by atoms with Crippen molar-refractivity contribution in [1.29, 1.82) is 0 Å². The summed E-state index contributed by atoms with van der Waals surface area (Å²) in [5.74, 6) is 0.533. The van der Waals surface area contributed by atoms with Gasteiger partial charge in [0.15, 0.2) is 0 Å². The van der Waals surface area contributed by atoms with Crippen LogP contribution in [0.5, 0.6) is 11.6 Å². The lowest BCUT2D eigenvalue weighted by Crippen LogP contribution is -2.26. The SMILES string of the molecule is FC(F)(F)c1cccc(Oc2ncccc2C2CCNCC2)c1Cl. The molecule has 1 aliphatic rings. The van der Waals surface area contributed by atoms with E-state index in [0.29, 0.717) is 5.88 Å². The molecule has 7 heteroatoms. The van der Waals surface area contributed by atoms with Crippen molar-refractivity contribution < 1.29 is 17.9 Å². The van der Waals surface area contributed by atoms with E-state index in [1.807, 2.05) is 6.07 Å². The van der Waals surface area contributed by atoms with Crippen LogP contribution in [0.25, 0.3) is 0 Å². The number of alkyl halides is 3. The maximum atomic E-state index is 13.0. The molecule has 0 atom stereocenters. The molecule has 1 saturated heterocycles. The Morgan fingerprint density at radius 2 is 1.88 bits per heavy atom. The number of ether oxygens (including phenoxy) is 1. The molecule has 1 fully saturated rings. The molecule has 0 saturated carbocycles. The molecule has 24 heavy (non-hydrogen) atoms. The molecular weight excluding hydrogens is 341 g/mol. The fourth-order valence-corrected chi connectivity index (χ4v) is 3.12. The lowest BCUT2D eigenvalue weighted by molar-refractivity contribution is -0.137. The Morgan fingerprint density at radius 1 is 1.12 bits per heavy atom. The van der Waals surface area contributed by atoms with Gasteiger partial charge in [-0.05, 0) is 50.0 Å². The van der Waals surface area contributed by atoms with Crippen molar-refractivity contribution in [2.75, 3.05) is 13.1 Å². The second-order valence-corrected chi connectivity index (χ2v) is 6.02. The largest absolute Gasteiger partial charge is 0.437 e. The van der Waals surface area contributed by atoms with Gasteiger partial charge in [0.25, 0.3) is 0 Å². The first-order valence-corrected chi connectivity index (χ1v) is 8.04. The van der Waals surface area contributed by atoms with Crippen molar-refractivity contribution in [3.8, 4) is 11.6 Å². The van der Waals surface area contributed by atoms with E-state index in [2.05, 4.69) is 10.3 Å². The molecule has 0 amide bonds. The first-order valence-electron chi connectivity index (χ1n) is 7.66. The third-order valence-electron chi connectivity index (χ3n) is 4.05. The van der Waals surface area contributed by atoms with Gasteiger partial charge in [-0.1, -0.05) is 23.7 Å². The number of pyridine rings is 1. The standard InChI is InChI=1S/C17H16ClF3N2O/c18-15-13(17(19,20)21)4-1-5-14(15)24-16-12(3-2-8-23-16)11-6-9-22-10-7-11/h1-5,8,11,22H,6-7,9-10H2. The Bertz CT molecular complexity index is 715. The molecule has 0 aliphatic carbocycles. The van der Waals surface area contributed by atoms with Crippen LogP contribution in [0.2, 0.25) is 5.02 Å². The molecule has 1 aromatic heterocycles. The van der Waals surface area contributed by atoms with Crippen LogP contribution >= 0.6 is 11.6 Å². The maximum absolute atomic E-state index is 13.0. The van der Waals surface area contributed by atoms with Gasteiger partial charge in [0.2, 0.25) is 5.88 Å². The van der Waals surface area contributed by atoms with Gasteiger partial charge < -0.3 is 10.1 Å². The number of hydrogen-bond acceptors (Lipinski definition) is 3. The van der Waals surface area contributed by atoms with E-state index >= 15 is 0 Å². The number of halogens is 4. The highest BCUT2D eigenvalue weighted by Gasteiger charge is 2.34. The van der Waals surface area contributed by atoms with Gasteiger partial charge in [-0.15, -0.1) is 0 Å². The molecule has 0 bridgehead atoms. The lowest BCUT2D eigenvalue weighted by Gasteiger charge is -2.24. The average Bonchev–Trinajstić information content (AvgIpc) is 2.57. The molecule has 128 valence electrons. The van der Waals surface area contributed by atoms with E-state index in [-0.39, 0.29) is 11.7 Å². The Hall–Kier alpha value is -1.79. The topological polar surface area (TPSA) is 34.1 Å². The summed E-state index contributed by atoms with van der Waals surface area (Å²) in [5.41, 5.74) is -0.0199. The van der Waals surface area contributed by atoms with Gasteiger partial charge >= 0.3 is 6.18 Å². The molecule has 2 aromatic rings. The highest BCUT2D eigenvalue weighted by atomic mass is 35.5. The van der Waals surface area contributed by atoms with E-state index in [4.69, 9.17) is 16.3 Å². The molecule has 0 spiro atoms. The maximum Gasteiger partial charge on any atom is 0.417 e. The molecule has 3 rings (SSSR count). The summed E-state index contributed by atoms with van der Waals surface area (Å²) in [5, 5.41) is 2.83. The second kappa shape index (κ2) is 6.99. The minimum Gasteiger partial charge on any atom is -0.437 e. The first kappa shape index (κ1) is 17.0. The molecule has 1 aliphatic heterocycles. The van der Waals surface area contributed by atoms with Crippen molar-refractivity contribution in [3.63, 3.8) is 0 Å². The number of benzene rings is 1. The Balaban J connectivity index is 1.92. The lowest BCUT2D eigenvalue weighted by atomic mass is 9.91. The van der Waals surface area contributed by atoms with E-state index < -0.39 is 16.8 Å². The zero-order valence-electron chi connectivity index (χ0n) is 12.7. The summed E-state index contributed by atoms with van der Waals surface area (Å²) in [6, 6.07) is 7.33. The van der Waals surface area contributed by atoms with Crippen LogP contribution in [0.15, 0.2) is 36.5 Å². The highest BCUT2D eigenvalue weighted by molar-refractivity contribution is 6.32. The average molecular weight is 357 g/mol. The Labute approximate surface area is 142 Å². The van der Waals surface area contributed by atoms with Crippen LogP contribution in [-0.2, 0) is 6.18 Å². The number of nitrogens with zero attached hydrogens (tertiary/aromatic N) is 1. The van der Waals surface area contributed by atoms with Gasteiger partial charge in [-0.3, -0.25) is 0 Å². The van der Waals surface area contributed by atoms with E-state index in [0.717, 1.165) is 37.6 Å². The zero-order valence-corrected chi connectivity index (χ0v) is 13.5. The number of hydrogen-bond donors (Lipinski definition) is 1. The Morgan fingerprint density at radius 3 is 2.58 bits per heavy atom. The van der Waals surface area contributed by atoms with Gasteiger partial charge in [0.05, 0.1) is 10.6 Å². The number of aromatic nitrogens is 1. The van der Waals surface area contributed by atoms with E-state index in [1.165, 1.54) is 12.1 Å². The summed E-state index contributed by atoms with van der Waals surface area (Å²) < 4.78 is 44.6. The van der Waals surface area contributed by atoms with Crippen molar-refractivity contribution in [1.82, 2.24) is 10.3 Å². The summed E-state index contributed by atoms with van der Waals surface area (Å²) >= 11 is 5.90. The summed E-state index contributed by atoms with van der Waals surface area (Å²) in [6.07, 6.45) is -1.11. The van der Waals surface area contributed by atoms with Gasteiger partial charge in [0, 0.05) is 11.8 Å². The third kappa shape index (κ3) is 3.65. The number of nitrogens with one attached hydrogen (secondary N) is 1. The van der Waals surface area contributed by atoms with Crippen LogP contribution < -0.4 is 10.1 Å². The first-order chi connectivity index (χ1) is 11.5. The second-order valence-electron chi connectivity index (χ2n) is 5.64. The molecular formula is C17H16ClF3N2O. The van der Waals surface area contributed by atoms with Crippen LogP contribution in [0.3, 0.4) is 0 Å². The summed E-state index contributed by atoms with van der Waals surface area (Å²) in [7, 11) is 0. The number of piperidine rings is 1. The summed E-state index contributed by atoms with van der Waals surface area (Å²) in [6.45, 7) is 1.78. The minimum absolute atomic E-state index is 0.0413. The third-order valence-corrected chi connectivity index (χ3v) is 4.44. The molecule has 3 nitrogen and oxygen atoms in total. The summed E-state index contributed by atoms with van der Waals surface area (Å²) in [4.78, 5) is 4.20. The molecule has 2 heterocycles. The molecule has 1 N–H and O–H groups in total. The zero-order chi connectivity index (χ0) is 17.2. The highest BCUT2D eigenvalue weighted by Crippen LogP contribution is 2.41. The molecule has 0 unspecified atom stereocenters. The predicted octanol–water partition coefficient (Wildman–Crippen LogP) is 5.01. The molecule has 1 aromatic carbocycles. The van der Waals surface area contributed by atoms with E-state index in [9.17, 15) is 13.2 Å². The van der Waals surface area contributed by atoms with Crippen LogP contribution in [0.1, 0.15) is 29.9 Å². The normalized spacial score (nSPS) is 16.2. The smallest absolute Gasteiger partial charge is 0.417 e. The van der Waals surface area contributed by atoms with Crippen LogP contribution in [-0.4, -0.2) is 18.1 Å². The Kier molecular flexibility index (Phi) is 4.96. The van der Waals surface area contributed by atoms with Gasteiger partial charge in [0.1, 0.15) is 5.75 Å². The predicted molar refractivity (Wildman–Crippen MR) is 85.6 cm³/mol.